The highest BCUT2D eigenvalue weighted by atomic mass is 16.5. The van der Waals surface area contributed by atoms with Gasteiger partial charge in [-0.2, -0.15) is 0 Å². The summed E-state index contributed by atoms with van der Waals surface area (Å²) in [6, 6.07) is 4.29. The van der Waals surface area contributed by atoms with E-state index in [-0.39, 0.29) is 47.2 Å². The summed E-state index contributed by atoms with van der Waals surface area (Å²) in [6.07, 6.45) is 1.39. The van der Waals surface area contributed by atoms with Crippen molar-refractivity contribution in [3.63, 3.8) is 0 Å². The standard InChI is InChI=1S/C25H28O7/c1-12(2)5-7-14-23-15(10-20(32-23)25(3,4)30)22(29)21-18(28)11-19(31-24(14)21)13-6-8-16(26)17(27)9-13/h5-6,8-9,19-20,26-27,29-30H,7,10-11H2,1-4H3/t19-,20+/m1/s1. The SMILES string of the molecule is CC(C)=CCc1c2c(c(O)c3c1O[C@@H](c1ccc(O)c(O)c1)CC3=O)C[C@@H](C(C)(C)O)O2. The van der Waals surface area contributed by atoms with Gasteiger partial charge in [-0.05, 0) is 51.8 Å². The largest absolute Gasteiger partial charge is 0.507 e. The van der Waals surface area contributed by atoms with E-state index in [1.165, 1.54) is 12.1 Å². The fourth-order valence-electron chi connectivity index (χ4n) is 4.16. The van der Waals surface area contributed by atoms with E-state index in [2.05, 4.69) is 0 Å². The second-order valence-electron chi connectivity index (χ2n) is 9.27. The zero-order valence-corrected chi connectivity index (χ0v) is 18.6. The lowest BCUT2D eigenvalue weighted by Gasteiger charge is -2.29. The Morgan fingerprint density at radius 1 is 1.09 bits per heavy atom. The normalized spacial score (nSPS) is 19.6. The van der Waals surface area contributed by atoms with Crippen molar-refractivity contribution in [2.24, 2.45) is 0 Å². The molecule has 0 saturated carbocycles. The van der Waals surface area contributed by atoms with Gasteiger partial charge in [-0.15, -0.1) is 0 Å². The van der Waals surface area contributed by atoms with Gasteiger partial charge in [0.25, 0.3) is 0 Å². The number of hydrogen-bond acceptors (Lipinski definition) is 7. The van der Waals surface area contributed by atoms with Crippen molar-refractivity contribution in [2.75, 3.05) is 0 Å². The van der Waals surface area contributed by atoms with Gasteiger partial charge in [-0.3, -0.25) is 4.79 Å². The molecule has 32 heavy (non-hydrogen) atoms. The monoisotopic (exact) mass is 440 g/mol. The number of Topliss-reactive ketones (excluding diaryl/α,β-unsaturated/α-hetero) is 1. The van der Waals surface area contributed by atoms with E-state index in [1.54, 1.807) is 19.9 Å². The maximum atomic E-state index is 13.2. The van der Waals surface area contributed by atoms with Gasteiger partial charge in [-0.1, -0.05) is 17.7 Å². The summed E-state index contributed by atoms with van der Waals surface area (Å²) in [5.74, 6) is -0.324. The van der Waals surface area contributed by atoms with E-state index in [0.29, 0.717) is 28.9 Å². The number of aromatic hydroxyl groups is 3. The third-order valence-corrected chi connectivity index (χ3v) is 6.00. The zero-order valence-electron chi connectivity index (χ0n) is 18.6. The van der Waals surface area contributed by atoms with Crippen LogP contribution in [0.4, 0.5) is 0 Å². The van der Waals surface area contributed by atoms with Gasteiger partial charge in [0.1, 0.15) is 35.0 Å². The average molecular weight is 440 g/mol. The lowest BCUT2D eigenvalue weighted by molar-refractivity contribution is -0.0233. The fourth-order valence-corrected chi connectivity index (χ4v) is 4.16. The van der Waals surface area contributed by atoms with E-state index in [0.717, 1.165) is 5.57 Å². The van der Waals surface area contributed by atoms with Gasteiger partial charge in [0.05, 0.1) is 12.0 Å². The van der Waals surface area contributed by atoms with Gasteiger partial charge in [0.2, 0.25) is 0 Å². The van der Waals surface area contributed by atoms with Crippen molar-refractivity contribution in [2.45, 2.75) is 64.8 Å². The van der Waals surface area contributed by atoms with Crippen LogP contribution >= 0.6 is 0 Å². The van der Waals surface area contributed by atoms with Crippen molar-refractivity contribution in [1.29, 1.82) is 0 Å². The van der Waals surface area contributed by atoms with Crippen LogP contribution in [0, 0.1) is 0 Å². The summed E-state index contributed by atoms with van der Waals surface area (Å²) >= 11 is 0. The molecule has 0 aromatic heterocycles. The Kier molecular flexibility index (Phi) is 5.33. The first kappa shape index (κ1) is 22.0. The molecule has 0 bridgehead atoms. The number of carbonyl (C=O) groups is 1. The van der Waals surface area contributed by atoms with Crippen molar-refractivity contribution in [3.8, 4) is 28.7 Å². The number of fused-ring (bicyclic) bond motifs is 2. The van der Waals surface area contributed by atoms with Crippen LogP contribution in [-0.4, -0.2) is 37.9 Å². The highest BCUT2D eigenvalue weighted by Crippen LogP contribution is 2.52. The maximum Gasteiger partial charge on any atom is 0.174 e. The summed E-state index contributed by atoms with van der Waals surface area (Å²) in [5, 5.41) is 41.0. The molecule has 0 saturated heterocycles. The minimum Gasteiger partial charge on any atom is -0.507 e. The van der Waals surface area contributed by atoms with Crippen molar-refractivity contribution in [3.05, 3.63) is 52.1 Å². The van der Waals surface area contributed by atoms with Crippen LogP contribution in [0.2, 0.25) is 0 Å². The molecule has 4 N–H and O–H groups in total. The Balaban J connectivity index is 1.85. The number of ether oxygens (including phenoxy) is 2. The van der Waals surface area contributed by atoms with Crippen LogP contribution in [0.15, 0.2) is 29.8 Å². The zero-order chi connectivity index (χ0) is 23.4. The molecule has 7 heteroatoms. The van der Waals surface area contributed by atoms with Gasteiger partial charge in [-0.25, -0.2) is 0 Å². The summed E-state index contributed by atoms with van der Waals surface area (Å²) in [7, 11) is 0. The van der Waals surface area contributed by atoms with Crippen molar-refractivity contribution >= 4 is 5.78 Å². The topological polar surface area (TPSA) is 116 Å². The van der Waals surface area contributed by atoms with E-state index in [1.807, 2.05) is 19.9 Å². The second kappa shape index (κ2) is 7.74. The summed E-state index contributed by atoms with van der Waals surface area (Å²) < 4.78 is 12.3. The number of phenolic OH excluding ortho intramolecular Hbond substituents is 3. The minimum absolute atomic E-state index is 0.0264. The predicted molar refractivity (Wildman–Crippen MR) is 118 cm³/mol. The van der Waals surface area contributed by atoms with E-state index < -0.39 is 17.8 Å². The number of benzene rings is 2. The first-order valence-electron chi connectivity index (χ1n) is 10.6. The first-order valence-corrected chi connectivity index (χ1v) is 10.6. The van der Waals surface area contributed by atoms with Gasteiger partial charge < -0.3 is 29.9 Å². The van der Waals surface area contributed by atoms with Crippen LogP contribution in [0.25, 0.3) is 0 Å². The Hall–Kier alpha value is -3.19. The summed E-state index contributed by atoms with van der Waals surface area (Å²) in [4.78, 5) is 13.2. The Bertz CT molecular complexity index is 1120. The Labute approximate surface area is 186 Å². The summed E-state index contributed by atoms with van der Waals surface area (Å²) in [6.45, 7) is 7.21. The molecule has 0 aliphatic carbocycles. The highest BCUT2D eigenvalue weighted by Gasteiger charge is 2.42. The molecule has 7 nitrogen and oxygen atoms in total. The third-order valence-electron chi connectivity index (χ3n) is 6.00. The number of allylic oxidation sites excluding steroid dienone is 2. The molecular weight excluding hydrogens is 412 g/mol. The molecule has 4 rings (SSSR count). The molecule has 0 amide bonds. The van der Waals surface area contributed by atoms with Crippen LogP contribution in [0.5, 0.6) is 28.7 Å². The molecule has 2 heterocycles. The molecule has 2 aromatic carbocycles. The third kappa shape index (κ3) is 3.77. The molecule has 2 aliphatic heterocycles. The lowest BCUT2D eigenvalue weighted by atomic mass is 9.88. The van der Waals surface area contributed by atoms with Crippen LogP contribution in [0.3, 0.4) is 0 Å². The summed E-state index contributed by atoms with van der Waals surface area (Å²) in [5.41, 5.74) is 1.73. The van der Waals surface area contributed by atoms with Crippen LogP contribution in [0.1, 0.15) is 67.3 Å². The number of rotatable bonds is 4. The molecule has 2 aromatic rings. The van der Waals surface area contributed by atoms with Crippen LogP contribution in [-0.2, 0) is 12.8 Å². The van der Waals surface area contributed by atoms with E-state index in [9.17, 15) is 25.2 Å². The Morgan fingerprint density at radius 3 is 2.44 bits per heavy atom. The molecule has 0 fully saturated rings. The van der Waals surface area contributed by atoms with Crippen molar-refractivity contribution < 1.29 is 34.7 Å². The fraction of sp³-hybridized carbons (Fsp3) is 0.400. The minimum atomic E-state index is -1.14. The first-order chi connectivity index (χ1) is 15.0. The van der Waals surface area contributed by atoms with E-state index in [4.69, 9.17) is 9.47 Å². The molecular formula is C25H28O7. The molecule has 0 radical (unpaired) electrons. The van der Waals surface area contributed by atoms with Gasteiger partial charge in [0, 0.05) is 17.5 Å². The highest BCUT2D eigenvalue weighted by molar-refractivity contribution is 6.04. The second-order valence-corrected chi connectivity index (χ2v) is 9.27. The van der Waals surface area contributed by atoms with Crippen LogP contribution < -0.4 is 9.47 Å². The lowest BCUT2D eigenvalue weighted by Crippen LogP contribution is -2.39. The number of ketones is 1. The molecule has 170 valence electrons. The smallest absolute Gasteiger partial charge is 0.174 e. The van der Waals surface area contributed by atoms with E-state index >= 15 is 0 Å². The number of aliphatic hydroxyl groups is 1. The molecule has 0 unspecified atom stereocenters. The number of phenols is 3. The van der Waals surface area contributed by atoms with Crippen molar-refractivity contribution in [1.82, 2.24) is 0 Å². The molecule has 2 aliphatic rings. The molecule has 2 atom stereocenters. The number of hydrogen-bond donors (Lipinski definition) is 4. The maximum absolute atomic E-state index is 13.2. The predicted octanol–water partition coefficient (Wildman–Crippen LogP) is 4.09. The Morgan fingerprint density at radius 2 is 1.81 bits per heavy atom. The number of carbonyl (C=O) groups excluding carboxylic acids is 1. The van der Waals surface area contributed by atoms with Gasteiger partial charge in [0.15, 0.2) is 17.3 Å². The quantitative estimate of drug-likeness (QED) is 0.418. The molecule has 0 spiro atoms. The van der Waals surface area contributed by atoms with Gasteiger partial charge >= 0.3 is 0 Å². The average Bonchev–Trinajstić information content (AvgIpc) is 3.15.